The molecule has 24 heavy (non-hydrogen) atoms. The van der Waals surface area contributed by atoms with E-state index < -0.39 is 48.1 Å². The molecule has 0 N–H and O–H groups in total. The molecular weight excluding hydrogens is 321 g/mol. The number of alkyl halides is 3. The summed E-state index contributed by atoms with van der Waals surface area (Å²) in [7, 11) is 1.38. The highest BCUT2D eigenvalue weighted by atomic mass is 19.4. The third kappa shape index (κ3) is 4.97. The van der Waals surface area contributed by atoms with Gasteiger partial charge in [0.25, 0.3) is 0 Å². The van der Waals surface area contributed by atoms with Gasteiger partial charge in [0, 0.05) is 20.0 Å². The Morgan fingerprint density at radius 1 is 1.21 bits per heavy atom. The molecule has 0 saturated heterocycles. The van der Waals surface area contributed by atoms with Crippen LogP contribution in [-0.2, 0) is 6.18 Å². The molecule has 2 rings (SSSR count). The highest BCUT2D eigenvalue weighted by Crippen LogP contribution is 2.32. The van der Waals surface area contributed by atoms with Gasteiger partial charge in [-0.1, -0.05) is 30.2 Å². The minimum atomic E-state index is -4.52. The molecule has 0 amide bonds. The maximum atomic E-state index is 12.7. The average molecular weight is 343 g/mol. The van der Waals surface area contributed by atoms with Crippen molar-refractivity contribution in [1.82, 2.24) is 5.01 Å². The molecule has 0 fully saturated rings. The van der Waals surface area contributed by atoms with E-state index in [9.17, 15) is 18.1 Å². The Kier molecular flexibility index (Phi) is 3.87. The molecule has 0 aliphatic rings. The molecule has 0 aliphatic heterocycles. The summed E-state index contributed by atoms with van der Waals surface area (Å²) in [6.07, 6.45) is -5.65. The highest BCUT2D eigenvalue weighted by molar-refractivity contribution is 5.30. The number of nitrogens with zero attached hydrogens (tertiary/aromatic N) is 2. The van der Waals surface area contributed by atoms with E-state index >= 15 is 0 Å². The van der Waals surface area contributed by atoms with E-state index in [1.165, 1.54) is 7.05 Å². The van der Waals surface area contributed by atoms with E-state index in [-0.39, 0.29) is 24.3 Å². The summed E-state index contributed by atoms with van der Waals surface area (Å²) in [5.74, 6) is 0.0107. The van der Waals surface area contributed by atoms with Crippen molar-refractivity contribution in [1.29, 1.82) is 0 Å². The van der Waals surface area contributed by atoms with Crippen molar-refractivity contribution in [2.24, 2.45) is 5.29 Å². The van der Waals surface area contributed by atoms with Gasteiger partial charge in [-0.3, -0.25) is 5.01 Å². The quantitative estimate of drug-likeness (QED) is 0.534. The summed E-state index contributed by atoms with van der Waals surface area (Å²) in [5, 5.41) is 3.73. The molecule has 2 aromatic rings. The van der Waals surface area contributed by atoms with Crippen LogP contribution in [0.2, 0.25) is 0 Å². The number of benzene rings is 2. The van der Waals surface area contributed by atoms with E-state index in [1.54, 1.807) is 0 Å². The molecule has 7 heteroatoms. The molecular formula is C17H17F3N2O2. The first-order valence-electron chi connectivity index (χ1n) is 9.42. The number of halogens is 3. The Bertz CT molecular complexity index is 865. The standard InChI is InChI=1S/C17H17F3N2O2/c1-22(21-23)12-11-16(13-5-3-2-4-6-13)24-15-9-7-14(8-10-15)17(18,19)20/h2-10,16H,11-12H2,1H3/i2D,3D,4D,5D,6D. The van der Waals surface area contributed by atoms with Gasteiger partial charge in [-0.15, -0.1) is 4.91 Å². The minimum Gasteiger partial charge on any atom is -0.486 e. The SMILES string of the molecule is [2H]c1c([2H])c([2H])c(C(CCN(C)N=O)Oc2ccc(C(F)(F)F)cc2)c([2H])c1[2H]. The summed E-state index contributed by atoms with van der Waals surface area (Å²) in [4.78, 5) is 10.6. The normalized spacial score (nSPS) is 15.4. The van der Waals surface area contributed by atoms with Crippen molar-refractivity contribution in [3.05, 3.63) is 70.5 Å². The van der Waals surface area contributed by atoms with Gasteiger partial charge in [0.1, 0.15) is 11.9 Å². The van der Waals surface area contributed by atoms with Crippen molar-refractivity contribution in [2.45, 2.75) is 18.7 Å². The summed E-state index contributed by atoms with van der Waals surface area (Å²) < 4.78 is 83.3. The summed E-state index contributed by atoms with van der Waals surface area (Å²) >= 11 is 0. The van der Waals surface area contributed by atoms with E-state index in [4.69, 9.17) is 11.6 Å². The van der Waals surface area contributed by atoms with E-state index in [1.807, 2.05) is 0 Å². The van der Waals surface area contributed by atoms with Crippen molar-refractivity contribution >= 4 is 0 Å². The summed E-state index contributed by atoms with van der Waals surface area (Å²) in [6.45, 7) is 0.0248. The van der Waals surface area contributed by atoms with Gasteiger partial charge < -0.3 is 4.74 Å². The third-order valence-electron chi connectivity index (χ3n) is 3.16. The van der Waals surface area contributed by atoms with Gasteiger partial charge in [-0.25, -0.2) is 0 Å². The van der Waals surface area contributed by atoms with Crippen LogP contribution < -0.4 is 4.74 Å². The smallest absolute Gasteiger partial charge is 0.416 e. The summed E-state index contributed by atoms with van der Waals surface area (Å²) in [6, 6.07) is 1.08. The lowest BCUT2D eigenvalue weighted by molar-refractivity contribution is -0.137. The molecule has 0 spiro atoms. The molecule has 0 aliphatic carbocycles. The molecule has 0 bridgehead atoms. The van der Waals surface area contributed by atoms with Crippen molar-refractivity contribution in [2.75, 3.05) is 13.6 Å². The van der Waals surface area contributed by atoms with Crippen LogP contribution in [0, 0.1) is 4.91 Å². The molecule has 0 heterocycles. The van der Waals surface area contributed by atoms with Gasteiger partial charge in [0.15, 0.2) is 0 Å². The van der Waals surface area contributed by atoms with Crippen molar-refractivity contribution in [3.63, 3.8) is 0 Å². The zero-order valence-corrected chi connectivity index (χ0v) is 12.6. The Morgan fingerprint density at radius 3 is 2.38 bits per heavy atom. The fourth-order valence-corrected chi connectivity index (χ4v) is 1.91. The second kappa shape index (κ2) is 7.81. The van der Waals surface area contributed by atoms with E-state index in [0.29, 0.717) is 0 Å². The number of hydrogen-bond acceptors (Lipinski definition) is 3. The lowest BCUT2D eigenvalue weighted by Gasteiger charge is -2.21. The number of hydrogen-bond donors (Lipinski definition) is 0. The van der Waals surface area contributed by atoms with Crippen LogP contribution in [0.4, 0.5) is 13.2 Å². The first-order chi connectivity index (χ1) is 13.5. The second-order valence-corrected chi connectivity index (χ2v) is 4.92. The molecule has 1 atom stereocenters. The van der Waals surface area contributed by atoms with Crippen LogP contribution in [0.5, 0.6) is 5.75 Å². The van der Waals surface area contributed by atoms with Crippen molar-refractivity contribution < 1.29 is 24.8 Å². The maximum Gasteiger partial charge on any atom is 0.416 e. The Balaban J connectivity index is 2.45. The average Bonchev–Trinajstić information content (AvgIpc) is 2.68. The number of rotatable bonds is 7. The first kappa shape index (κ1) is 11.9. The molecule has 1 unspecified atom stereocenters. The molecule has 0 aromatic heterocycles. The largest absolute Gasteiger partial charge is 0.486 e. The van der Waals surface area contributed by atoms with Gasteiger partial charge >= 0.3 is 6.18 Å². The van der Waals surface area contributed by atoms with Crippen LogP contribution in [0.3, 0.4) is 0 Å². The van der Waals surface area contributed by atoms with Gasteiger partial charge in [0.2, 0.25) is 0 Å². The Hall–Kier alpha value is -2.57. The molecule has 0 saturated carbocycles. The fraction of sp³-hybridized carbons (Fsp3) is 0.294. The van der Waals surface area contributed by atoms with Crippen LogP contribution in [0.15, 0.2) is 59.8 Å². The molecule has 128 valence electrons. The van der Waals surface area contributed by atoms with Gasteiger partial charge in [0.05, 0.1) is 17.7 Å². The minimum absolute atomic E-state index is 0.00273. The van der Waals surface area contributed by atoms with Gasteiger partial charge in [-0.05, 0) is 29.8 Å². The Morgan fingerprint density at radius 2 is 1.83 bits per heavy atom. The van der Waals surface area contributed by atoms with Crippen LogP contribution >= 0.6 is 0 Å². The number of ether oxygens (including phenoxy) is 1. The van der Waals surface area contributed by atoms with E-state index in [2.05, 4.69) is 5.29 Å². The lowest BCUT2D eigenvalue weighted by Crippen LogP contribution is -2.18. The van der Waals surface area contributed by atoms with Gasteiger partial charge in [-0.2, -0.15) is 13.2 Å². The lowest BCUT2D eigenvalue weighted by atomic mass is 10.1. The second-order valence-electron chi connectivity index (χ2n) is 4.92. The monoisotopic (exact) mass is 343 g/mol. The first-order valence-corrected chi connectivity index (χ1v) is 6.92. The zero-order valence-electron chi connectivity index (χ0n) is 17.6. The molecule has 4 nitrogen and oxygen atoms in total. The maximum absolute atomic E-state index is 12.7. The van der Waals surface area contributed by atoms with Crippen LogP contribution in [0.25, 0.3) is 0 Å². The third-order valence-corrected chi connectivity index (χ3v) is 3.16. The molecule has 2 aromatic carbocycles. The summed E-state index contributed by atoms with van der Waals surface area (Å²) in [5.41, 5.74) is -1.04. The van der Waals surface area contributed by atoms with Crippen LogP contribution in [-0.4, -0.2) is 18.6 Å². The number of nitroso groups, excluding NO2 is 1. The highest BCUT2D eigenvalue weighted by Gasteiger charge is 2.30. The predicted molar refractivity (Wildman–Crippen MR) is 84.3 cm³/mol. The Labute approximate surface area is 144 Å². The topological polar surface area (TPSA) is 41.9 Å². The van der Waals surface area contributed by atoms with Crippen LogP contribution in [0.1, 0.15) is 30.5 Å². The van der Waals surface area contributed by atoms with Crippen molar-refractivity contribution in [3.8, 4) is 5.75 Å². The fourth-order valence-electron chi connectivity index (χ4n) is 1.91. The predicted octanol–water partition coefficient (Wildman–Crippen LogP) is 4.83. The zero-order chi connectivity index (χ0) is 21.9. The molecule has 0 radical (unpaired) electrons. The van der Waals surface area contributed by atoms with E-state index in [0.717, 1.165) is 29.3 Å².